The zero-order chi connectivity index (χ0) is 15.3. The average Bonchev–Trinajstić information content (AvgIpc) is 3.01. The maximum absolute atomic E-state index is 12.3. The number of carbonyl (C=O) groups excluding carboxylic acids is 1. The van der Waals surface area contributed by atoms with Crippen LogP contribution in [0.3, 0.4) is 0 Å². The van der Waals surface area contributed by atoms with Gasteiger partial charge in [-0.1, -0.05) is 19.0 Å². The summed E-state index contributed by atoms with van der Waals surface area (Å²) in [5, 5.41) is 4.09. The Morgan fingerprint density at radius 2 is 1.95 bits per heavy atom. The Morgan fingerprint density at radius 1 is 1.29 bits per heavy atom. The molecular weight excluding hydrogens is 272 g/mol. The topological polar surface area (TPSA) is 74.5 Å². The molecule has 0 spiro atoms. The van der Waals surface area contributed by atoms with Gasteiger partial charge in [0.1, 0.15) is 5.41 Å². The van der Waals surface area contributed by atoms with E-state index in [1.165, 1.54) is 0 Å². The Morgan fingerprint density at radius 3 is 2.52 bits per heavy atom. The summed E-state index contributed by atoms with van der Waals surface area (Å²) in [5.74, 6) is 1.04. The number of carbonyl (C=O) groups is 1. The number of hydrogen-bond acceptors (Lipinski definition) is 6. The summed E-state index contributed by atoms with van der Waals surface area (Å²) < 4.78 is 16.0. The fourth-order valence-corrected chi connectivity index (χ4v) is 2.75. The first-order valence-electron chi connectivity index (χ1n) is 7.77. The standard InChI is InChI=1S/C15H24N2O4/c1-4-15(5-2,14(18)20-6-3)13-16-12(17-21-13)11-7-9-19-10-8-11/h11H,4-10H2,1-3H3. The first kappa shape index (κ1) is 15.9. The van der Waals surface area contributed by atoms with Crippen molar-refractivity contribution >= 4 is 5.97 Å². The van der Waals surface area contributed by atoms with Crippen molar-refractivity contribution in [3.05, 3.63) is 11.7 Å². The van der Waals surface area contributed by atoms with Crippen molar-refractivity contribution in [2.24, 2.45) is 0 Å². The van der Waals surface area contributed by atoms with Crippen molar-refractivity contribution in [3.63, 3.8) is 0 Å². The van der Waals surface area contributed by atoms with Gasteiger partial charge in [0.05, 0.1) is 6.61 Å². The second-order valence-electron chi connectivity index (χ2n) is 5.35. The molecule has 1 aliphatic rings. The van der Waals surface area contributed by atoms with Gasteiger partial charge in [0, 0.05) is 19.1 Å². The molecule has 6 heteroatoms. The molecule has 0 amide bonds. The molecular formula is C15H24N2O4. The minimum atomic E-state index is -0.827. The molecule has 2 rings (SSSR count). The fourth-order valence-electron chi connectivity index (χ4n) is 2.75. The van der Waals surface area contributed by atoms with Crippen LogP contribution in [-0.2, 0) is 19.7 Å². The van der Waals surface area contributed by atoms with Gasteiger partial charge in [-0.15, -0.1) is 0 Å². The van der Waals surface area contributed by atoms with Gasteiger partial charge in [-0.2, -0.15) is 4.98 Å². The molecule has 0 radical (unpaired) electrons. The molecule has 0 aromatic carbocycles. The second-order valence-corrected chi connectivity index (χ2v) is 5.35. The molecule has 1 aromatic rings. The van der Waals surface area contributed by atoms with E-state index in [1.54, 1.807) is 6.92 Å². The Labute approximate surface area is 125 Å². The van der Waals surface area contributed by atoms with Crippen molar-refractivity contribution in [2.75, 3.05) is 19.8 Å². The van der Waals surface area contributed by atoms with E-state index in [4.69, 9.17) is 14.0 Å². The predicted molar refractivity (Wildman–Crippen MR) is 76.0 cm³/mol. The summed E-state index contributed by atoms with van der Waals surface area (Å²) >= 11 is 0. The third-order valence-corrected chi connectivity index (χ3v) is 4.31. The van der Waals surface area contributed by atoms with Crippen LogP contribution in [0.2, 0.25) is 0 Å². The molecule has 0 N–H and O–H groups in total. The van der Waals surface area contributed by atoms with Crippen LogP contribution in [0.5, 0.6) is 0 Å². The monoisotopic (exact) mass is 296 g/mol. The highest BCUT2D eigenvalue weighted by Gasteiger charge is 2.44. The average molecular weight is 296 g/mol. The Kier molecular flexibility index (Phi) is 5.33. The molecule has 1 saturated heterocycles. The molecule has 0 unspecified atom stereocenters. The highest BCUT2D eigenvalue weighted by molar-refractivity contribution is 5.81. The largest absolute Gasteiger partial charge is 0.465 e. The molecule has 0 aliphatic carbocycles. The Balaban J connectivity index is 2.24. The highest BCUT2D eigenvalue weighted by atomic mass is 16.5. The summed E-state index contributed by atoms with van der Waals surface area (Å²) in [5.41, 5.74) is -0.827. The van der Waals surface area contributed by atoms with Crippen molar-refractivity contribution < 1.29 is 18.8 Å². The van der Waals surface area contributed by atoms with E-state index < -0.39 is 5.41 Å². The third kappa shape index (κ3) is 3.10. The number of aromatic nitrogens is 2. The third-order valence-electron chi connectivity index (χ3n) is 4.31. The van der Waals surface area contributed by atoms with E-state index in [0.29, 0.717) is 31.2 Å². The lowest BCUT2D eigenvalue weighted by molar-refractivity contribution is -0.151. The molecule has 21 heavy (non-hydrogen) atoms. The van der Waals surface area contributed by atoms with Crippen molar-refractivity contribution in [1.29, 1.82) is 0 Å². The van der Waals surface area contributed by atoms with E-state index in [0.717, 1.165) is 26.1 Å². The van der Waals surface area contributed by atoms with E-state index in [2.05, 4.69) is 10.1 Å². The van der Waals surface area contributed by atoms with E-state index >= 15 is 0 Å². The Bertz CT molecular complexity index is 462. The zero-order valence-corrected chi connectivity index (χ0v) is 13.1. The van der Waals surface area contributed by atoms with Crippen LogP contribution in [0.1, 0.15) is 64.1 Å². The maximum atomic E-state index is 12.3. The summed E-state index contributed by atoms with van der Waals surface area (Å²) in [6.45, 7) is 7.48. The summed E-state index contributed by atoms with van der Waals surface area (Å²) in [6.07, 6.45) is 2.95. The maximum Gasteiger partial charge on any atom is 0.321 e. The minimum absolute atomic E-state index is 0.254. The van der Waals surface area contributed by atoms with E-state index in [9.17, 15) is 4.79 Å². The van der Waals surface area contributed by atoms with Crippen molar-refractivity contribution in [2.45, 2.75) is 57.8 Å². The van der Waals surface area contributed by atoms with Crippen LogP contribution in [0, 0.1) is 0 Å². The van der Waals surface area contributed by atoms with Gasteiger partial charge in [0.2, 0.25) is 5.89 Å². The van der Waals surface area contributed by atoms with Gasteiger partial charge >= 0.3 is 5.97 Å². The molecule has 2 heterocycles. The first-order chi connectivity index (χ1) is 10.2. The van der Waals surface area contributed by atoms with Gasteiger partial charge in [-0.3, -0.25) is 4.79 Å². The lowest BCUT2D eigenvalue weighted by atomic mass is 9.82. The lowest BCUT2D eigenvalue weighted by Crippen LogP contribution is -2.37. The molecule has 6 nitrogen and oxygen atoms in total. The number of esters is 1. The number of nitrogens with zero attached hydrogens (tertiary/aromatic N) is 2. The van der Waals surface area contributed by atoms with Crippen LogP contribution in [-0.4, -0.2) is 35.9 Å². The van der Waals surface area contributed by atoms with Gasteiger partial charge < -0.3 is 14.0 Å². The molecule has 118 valence electrons. The lowest BCUT2D eigenvalue weighted by Gasteiger charge is -2.24. The molecule has 1 fully saturated rings. The molecule has 1 aliphatic heterocycles. The van der Waals surface area contributed by atoms with Gasteiger partial charge in [-0.25, -0.2) is 0 Å². The van der Waals surface area contributed by atoms with Crippen LogP contribution >= 0.6 is 0 Å². The van der Waals surface area contributed by atoms with Gasteiger partial charge in [0.15, 0.2) is 5.82 Å². The van der Waals surface area contributed by atoms with E-state index in [1.807, 2.05) is 13.8 Å². The summed E-state index contributed by atoms with van der Waals surface area (Å²) in [7, 11) is 0. The number of rotatable bonds is 6. The van der Waals surface area contributed by atoms with Crippen LogP contribution in [0.15, 0.2) is 4.52 Å². The minimum Gasteiger partial charge on any atom is -0.465 e. The van der Waals surface area contributed by atoms with Gasteiger partial charge in [-0.05, 0) is 32.6 Å². The van der Waals surface area contributed by atoms with Crippen LogP contribution in [0.25, 0.3) is 0 Å². The van der Waals surface area contributed by atoms with Crippen LogP contribution in [0.4, 0.5) is 0 Å². The molecule has 0 bridgehead atoms. The predicted octanol–water partition coefficient (Wildman–Crippen LogP) is 2.58. The molecule has 0 saturated carbocycles. The van der Waals surface area contributed by atoms with Gasteiger partial charge in [0.25, 0.3) is 0 Å². The quantitative estimate of drug-likeness (QED) is 0.751. The first-order valence-corrected chi connectivity index (χ1v) is 7.77. The fraction of sp³-hybridized carbons (Fsp3) is 0.800. The number of ether oxygens (including phenoxy) is 2. The normalized spacial score (nSPS) is 16.9. The smallest absolute Gasteiger partial charge is 0.321 e. The van der Waals surface area contributed by atoms with E-state index in [-0.39, 0.29) is 11.9 Å². The van der Waals surface area contributed by atoms with Crippen molar-refractivity contribution in [1.82, 2.24) is 10.1 Å². The molecule has 1 aromatic heterocycles. The number of hydrogen-bond donors (Lipinski definition) is 0. The Hall–Kier alpha value is -1.43. The molecule has 0 atom stereocenters. The highest BCUT2D eigenvalue weighted by Crippen LogP contribution is 2.34. The van der Waals surface area contributed by atoms with Crippen molar-refractivity contribution in [3.8, 4) is 0 Å². The van der Waals surface area contributed by atoms with Crippen LogP contribution < -0.4 is 0 Å². The summed E-state index contributed by atoms with van der Waals surface area (Å²) in [4.78, 5) is 16.9. The zero-order valence-electron chi connectivity index (χ0n) is 13.1. The second kappa shape index (κ2) is 7.02. The summed E-state index contributed by atoms with van der Waals surface area (Å²) in [6, 6.07) is 0. The SMILES string of the molecule is CCOC(=O)C(CC)(CC)c1nc(C2CCOCC2)no1.